The van der Waals surface area contributed by atoms with Crippen LogP contribution in [0.1, 0.15) is 57.9 Å². The minimum absolute atomic E-state index is 0.0180. The molecule has 0 bridgehead atoms. The maximum Gasteiger partial charge on any atom is 0.150 e. The van der Waals surface area contributed by atoms with Crippen LogP contribution in [0.25, 0.3) is 10.9 Å². The van der Waals surface area contributed by atoms with E-state index in [9.17, 15) is 0 Å². The van der Waals surface area contributed by atoms with Crippen LogP contribution in [0.5, 0.6) is 5.75 Å². The zero-order chi connectivity index (χ0) is 14.7. The Morgan fingerprint density at radius 2 is 2.05 bits per heavy atom. The Bertz CT molecular complexity index is 706. The average molecular weight is 281 g/mol. The molecule has 2 aliphatic rings. The Balaban J connectivity index is 1.84. The third-order valence-corrected chi connectivity index (χ3v) is 5.55. The highest BCUT2D eigenvalue weighted by Gasteiger charge is 2.51. The average Bonchev–Trinajstić information content (AvgIpc) is 2.71. The summed E-state index contributed by atoms with van der Waals surface area (Å²) in [4.78, 5) is 4.58. The molecule has 1 spiro atoms. The van der Waals surface area contributed by atoms with Crippen molar-refractivity contribution in [2.45, 2.75) is 58.0 Å². The van der Waals surface area contributed by atoms with Crippen molar-refractivity contribution in [1.29, 1.82) is 0 Å². The fourth-order valence-corrected chi connectivity index (χ4v) is 4.47. The van der Waals surface area contributed by atoms with Gasteiger partial charge in [0.2, 0.25) is 0 Å². The number of pyridine rings is 1. The van der Waals surface area contributed by atoms with Gasteiger partial charge < -0.3 is 4.74 Å². The number of aromatic nitrogens is 1. The first kappa shape index (κ1) is 13.1. The van der Waals surface area contributed by atoms with E-state index in [0.717, 1.165) is 17.7 Å². The van der Waals surface area contributed by atoms with E-state index in [0.29, 0.717) is 11.3 Å². The lowest BCUT2D eigenvalue weighted by molar-refractivity contribution is -0.0140. The van der Waals surface area contributed by atoms with E-state index in [1.165, 1.54) is 30.2 Å². The number of hydrogen-bond acceptors (Lipinski definition) is 2. The molecule has 4 rings (SSSR count). The molecule has 1 aliphatic carbocycles. The summed E-state index contributed by atoms with van der Waals surface area (Å²) >= 11 is 0. The van der Waals surface area contributed by atoms with Crippen LogP contribution < -0.4 is 4.74 Å². The first-order chi connectivity index (χ1) is 10.0. The summed E-state index contributed by atoms with van der Waals surface area (Å²) in [6, 6.07) is 8.55. The van der Waals surface area contributed by atoms with Crippen LogP contribution in [0.15, 0.2) is 30.5 Å². The van der Waals surface area contributed by atoms with Crippen molar-refractivity contribution in [1.82, 2.24) is 4.98 Å². The molecule has 110 valence electrons. The molecule has 0 radical (unpaired) electrons. The van der Waals surface area contributed by atoms with Gasteiger partial charge in [0, 0.05) is 23.1 Å². The Morgan fingerprint density at radius 1 is 1.19 bits per heavy atom. The lowest BCUT2D eigenvalue weighted by atomic mass is 9.65. The van der Waals surface area contributed by atoms with Crippen LogP contribution in [0.2, 0.25) is 0 Å². The van der Waals surface area contributed by atoms with Crippen molar-refractivity contribution < 1.29 is 4.74 Å². The molecular weight excluding hydrogens is 258 g/mol. The highest BCUT2D eigenvalue weighted by atomic mass is 16.5. The number of rotatable bonds is 0. The largest absolute Gasteiger partial charge is 0.484 e. The van der Waals surface area contributed by atoms with Gasteiger partial charge in [-0.2, -0.15) is 0 Å². The van der Waals surface area contributed by atoms with Gasteiger partial charge in [0.25, 0.3) is 0 Å². The van der Waals surface area contributed by atoms with Gasteiger partial charge in [-0.25, -0.2) is 0 Å². The van der Waals surface area contributed by atoms with Crippen molar-refractivity contribution in [3.05, 3.63) is 36.0 Å². The number of ether oxygens (including phenoxy) is 1. The van der Waals surface area contributed by atoms with E-state index in [1.54, 1.807) is 0 Å². The normalized spacial score (nSPS) is 30.3. The van der Waals surface area contributed by atoms with Crippen molar-refractivity contribution in [3.8, 4) is 5.75 Å². The van der Waals surface area contributed by atoms with Crippen LogP contribution in [0.4, 0.5) is 0 Å². The van der Waals surface area contributed by atoms with E-state index < -0.39 is 0 Å². The van der Waals surface area contributed by atoms with Gasteiger partial charge >= 0.3 is 0 Å². The SMILES string of the molecule is C[C@@H]1c2ccc3cccnc3c2O[C@]12CCCC(C)(C)C2. The van der Waals surface area contributed by atoms with Gasteiger partial charge in [-0.15, -0.1) is 0 Å². The first-order valence-corrected chi connectivity index (χ1v) is 8.07. The Labute approximate surface area is 126 Å². The van der Waals surface area contributed by atoms with Gasteiger partial charge in [0.1, 0.15) is 16.9 Å². The van der Waals surface area contributed by atoms with Gasteiger partial charge in [0.15, 0.2) is 0 Å². The minimum atomic E-state index is -0.0180. The van der Waals surface area contributed by atoms with Crippen LogP contribution >= 0.6 is 0 Å². The minimum Gasteiger partial charge on any atom is -0.484 e. The Kier molecular flexibility index (Phi) is 2.64. The molecule has 0 unspecified atom stereocenters. The van der Waals surface area contributed by atoms with E-state index in [-0.39, 0.29) is 5.60 Å². The summed E-state index contributed by atoms with van der Waals surface area (Å²) in [6.07, 6.45) is 6.74. The number of benzene rings is 1. The topological polar surface area (TPSA) is 22.1 Å². The zero-order valence-electron chi connectivity index (χ0n) is 13.1. The van der Waals surface area contributed by atoms with Crippen molar-refractivity contribution in [2.24, 2.45) is 5.41 Å². The second-order valence-corrected chi connectivity index (χ2v) is 7.64. The van der Waals surface area contributed by atoms with Gasteiger partial charge in [-0.05, 0) is 37.2 Å². The molecule has 2 heterocycles. The summed E-state index contributed by atoms with van der Waals surface area (Å²) < 4.78 is 6.63. The molecule has 2 atom stereocenters. The van der Waals surface area contributed by atoms with Crippen LogP contribution in [0.3, 0.4) is 0 Å². The smallest absolute Gasteiger partial charge is 0.150 e. The molecule has 0 saturated heterocycles. The maximum atomic E-state index is 6.63. The van der Waals surface area contributed by atoms with Crippen LogP contribution in [-0.4, -0.2) is 10.6 Å². The molecule has 1 aliphatic heterocycles. The van der Waals surface area contributed by atoms with E-state index in [2.05, 4.69) is 44.0 Å². The molecule has 2 heteroatoms. The zero-order valence-corrected chi connectivity index (χ0v) is 13.1. The standard InChI is InChI=1S/C19H23NO/c1-13-15-8-7-14-6-4-11-20-16(14)17(15)21-19(13)10-5-9-18(2,3)12-19/h4,6-8,11,13H,5,9-10,12H2,1-3H3/t13-,19+/m1/s1. The molecule has 2 aromatic rings. The number of fused-ring (bicyclic) bond motifs is 3. The van der Waals surface area contributed by atoms with Crippen molar-refractivity contribution >= 4 is 10.9 Å². The van der Waals surface area contributed by atoms with E-state index in [4.69, 9.17) is 4.74 Å². The second-order valence-electron chi connectivity index (χ2n) is 7.64. The summed E-state index contributed by atoms with van der Waals surface area (Å²) in [5, 5.41) is 1.18. The summed E-state index contributed by atoms with van der Waals surface area (Å²) in [7, 11) is 0. The molecule has 2 nitrogen and oxygen atoms in total. The van der Waals surface area contributed by atoms with Gasteiger partial charge in [-0.1, -0.05) is 39.0 Å². The fourth-order valence-electron chi connectivity index (χ4n) is 4.47. The molecular formula is C19H23NO. The predicted octanol–water partition coefficient (Wildman–Crippen LogP) is 5.07. The van der Waals surface area contributed by atoms with Crippen LogP contribution in [0, 0.1) is 5.41 Å². The molecule has 1 aromatic heterocycles. The van der Waals surface area contributed by atoms with Crippen molar-refractivity contribution in [2.75, 3.05) is 0 Å². The third kappa shape index (κ3) is 1.88. The molecule has 1 aromatic carbocycles. The highest BCUT2D eigenvalue weighted by molar-refractivity contribution is 5.86. The molecule has 0 N–H and O–H groups in total. The predicted molar refractivity (Wildman–Crippen MR) is 85.8 cm³/mol. The van der Waals surface area contributed by atoms with Gasteiger partial charge in [-0.3, -0.25) is 4.98 Å². The van der Waals surface area contributed by atoms with E-state index >= 15 is 0 Å². The fraction of sp³-hybridized carbons (Fsp3) is 0.526. The Hall–Kier alpha value is -1.57. The lowest BCUT2D eigenvalue weighted by Crippen LogP contribution is -2.44. The quantitative estimate of drug-likeness (QED) is 0.672. The Morgan fingerprint density at radius 3 is 2.86 bits per heavy atom. The highest BCUT2D eigenvalue weighted by Crippen LogP contribution is 2.56. The molecule has 1 fully saturated rings. The molecule has 21 heavy (non-hydrogen) atoms. The van der Waals surface area contributed by atoms with Gasteiger partial charge in [0.05, 0.1) is 0 Å². The molecule has 0 amide bonds. The summed E-state index contributed by atoms with van der Waals surface area (Å²) in [5.74, 6) is 1.50. The second kappa shape index (κ2) is 4.22. The third-order valence-electron chi connectivity index (χ3n) is 5.55. The molecule has 1 saturated carbocycles. The lowest BCUT2D eigenvalue weighted by Gasteiger charge is -2.44. The maximum absolute atomic E-state index is 6.63. The number of hydrogen-bond donors (Lipinski definition) is 0. The summed E-state index contributed by atoms with van der Waals surface area (Å²) in [5.41, 5.74) is 2.73. The first-order valence-electron chi connectivity index (χ1n) is 8.07. The van der Waals surface area contributed by atoms with Crippen molar-refractivity contribution in [3.63, 3.8) is 0 Å². The number of nitrogens with zero attached hydrogens (tertiary/aromatic N) is 1. The monoisotopic (exact) mass is 281 g/mol. The summed E-state index contributed by atoms with van der Waals surface area (Å²) in [6.45, 7) is 7.09. The van der Waals surface area contributed by atoms with Crippen LogP contribution in [-0.2, 0) is 0 Å². The van der Waals surface area contributed by atoms with E-state index in [1.807, 2.05) is 12.3 Å².